The number of ether oxygens (including phenoxy) is 1. The number of halogens is 3. The van der Waals surface area contributed by atoms with Crippen molar-refractivity contribution in [1.29, 1.82) is 0 Å². The molecule has 1 aromatic carbocycles. The number of nitrogens with one attached hydrogen (secondary N) is 1. The monoisotopic (exact) mass is 303 g/mol. The van der Waals surface area contributed by atoms with E-state index in [1.807, 2.05) is 0 Å². The summed E-state index contributed by atoms with van der Waals surface area (Å²) in [5.74, 6) is -0.531. The predicted molar refractivity (Wildman–Crippen MR) is 70.0 cm³/mol. The molecular weight excluding hydrogens is 287 g/mol. The van der Waals surface area contributed by atoms with E-state index < -0.39 is 24.3 Å². The molecule has 0 bridgehead atoms. The van der Waals surface area contributed by atoms with Gasteiger partial charge >= 0.3 is 6.18 Å². The Morgan fingerprint density at radius 3 is 2.62 bits per heavy atom. The number of hydrogen-bond acceptors (Lipinski definition) is 3. The zero-order valence-corrected chi connectivity index (χ0v) is 11.2. The van der Waals surface area contributed by atoms with Crippen LogP contribution in [0.2, 0.25) is 0 Å². The molecule has 1 aromatic rings. The summed E-state index contributed by atoms with van der Waals surface area (Å²) in [6.07, 6.45) is -2.08. The second-order valence-corrected chi connectivity index (χ2v) is 5.12. The van der Waals surface area contributed by atoms with Gasteiger partial charge in [0, 0.05) is 11.8 Å². The van der Waals surface area contributed by atoms with Crippen LogP contribution in [-0.2, 0) is 4.79 Å². The van der Waals surface area contributed by atoms with Crippen LogP contribution in [0.4, 0.5) is 18.9 Å². The number of anilines is 1. The Kier molecular flexibility index (Phi) is 4.41. The molecule has 0 saturated heterocycles. The lowest BCUT2D eigenvalue weighted by Crippen LogP contribution is -2.40. The maximum atomic E-state index is 12.1. The van der Waals surface area contributed by atoms with Crippen LogP contribution in [0.1, 0.15) is 25.7 Å². The molecule has 4 nitrogen and oxygen atoms in total. The minimum atomic E-state index is -4.42. The summed E-state index contributed by atoms with van der Waals surface area (Å²) in [5.41, 5.74) is -1.09. The highest BCUT2D eigenvalue weighted by Gasteiger charge is 2.38. The third-order valence-corrected chi connectivity index (χ3v) is 3.35. The SMILES string of the molecule is O=C(Nc1cccc(OCC(F)(F)F)c1)C1(O)CCCC1. The van der Waals surface area contributed by atoms with Gasteiger partial charge in [-0.2, -0.15) is 13.2 Å². The Bertz CT molecular complexity index is 510. The van der Waals surface area contributed by atoms with E-state index in [1.54, 1.807) is 0 Å². The first-order valence-corrected chi connectivity index (χ1v) is 6.62. The van der Waals surface area contributed by atoms with Gasteiger partial charge in [-0.1, -0.05) is 6.07 Å². The molecule has 0 atom stereocenters. The maximum absolute atomic E-state index is 12.1. The highest BCUT2D eigenvalue weighted by molar-refractivity contribution is 5.97. The van der Waals surface area contributed by atoms with Crippen LogP contribution >= 0.6 is 0 Å². The van der Waals surface area contributed by atoms with Crippen molar-refractivity contribution in [3.05, 3.63) is 24.3 Å². The summed E-state index contributed by atoms with van der Waals surface area (Å²) in [5, 5.41) is 12.6. The maximum Gasteiger partial charge on any atom is 0.422 e. The van der Waals surface area contributed by atoms with E-state index in [4.69, 9.17) is 0 Å². The van der Waals surface area contributed by atoms with Crippen molar-refractivity contribution >= 4 is 11.6 Å². The number of rotatable bonds is 4. The molecule has 0 aliphatic heterocycles. The predicted octanol–water partition coefficient (Wildman–Crippen LogP) is 2.87. The van der Waals surface area contributed by atoms with Crippen LogP contribution in [-0.4, -0.2) is 29.4 Å². The number of carbonyl (C=O) groups excluding carboxylic acids is 1. The summed E-state index contributed by atoms with van der Waals surface area (Å²) in [6.45, 7) is -1.39. The van der Waals surface area contributed by atoms with Crippen molar-refractivity contribution in [3.8, 4) is 5.75 Å². The molecule has 1 fully saturated rings. The normalized spacial score (nSPS) is 17.5. The molecule has 1 saturated carbocycles. The first-order chi connectivity index (χ1) is 9.78. The number of carbonyl (C=O) groups is 1. The van der Waals surface area contributed by atoms with Crippen LogP contribution < -0.4 is 10.1 Å². The van der Waals surface area contributed by atoms with Crippen molar-refractivity contribution in [3.63, 3.8) is 0 Å². The highest BCUT2D eigenvalue weighted by atomic mass is 19.4. The summed E-state index contributed by atoms with van der Waals surface area (Å²) < 4.78 is 40.8. The summed E-state index contributed by atoms with van der Waals surface area (Å²) in [4.78, 5) is 12.0. The molecule has 0 spiro atoms. The van der Waals surface area contributed by atoms with Crippen molar-refractivity contribution in [2.75, 3.05) is 11.9 Å². The molecule has 116 valence electrons. The fourth-order valence-electron chi connectivity index (χ4n) is 2.26. The van der Waals surface area contributed by atoms with Gasteiger partial charge in [0.15, 0.2) is 6.61 Å². The molecular formula is C14H16F3NO3. The van der Waals surface area contributed by atoms with Gasteiger partial charge < -0.3 is 15.2 Å². The Labute approximate surface area is 119 Å². The lowest BCUT2D eigenvalue weighted by atomic mass is 10.0. The molecule has 21 heavy (non-hydrogen) atoms. The smallest absolute Gasteiger partial charge is 0.422 e. The molecule has 0 heterocycles. The fourth-order valence-corrected chi connectivity index (χ4v) is 2.26. The zero-order chi connectivity index (χ0) is 15.5. The van der Waals surface area contributed by atoms with Crippen LogP contribution in [0, 0.1) is 0 Å². The van der Waals surface area contributed by atoms with Crippen LogP contribution in [0.5, 0.6) is 5.75 Å². The zero-order valence-electron chi connectivity index (χ0n) is 11.2. The molecule has 2 rings (SSSR count). The first kappa shape index (κ1) is 15.6. The van der Waals surface area contributed by atoms with Gasteiger partial charge in [-0.05, 0) is 37.8 Å². The molecule has 0 unspecified atom stereocenters. The van der Waals surface area contributed by atoms with Gasteiger partial charge in [0.25, 0.3) is 5.91 Å². The van der Waals surface area contributed by atoms with Crippen molar-refractivity contribution < 1.29 is 27.8 Å². The fraction of sp³-hybridized carbons (Fsp3) is 0.500. The lowest BCUT2D eigenvalue weighted by molar-refractivity contribution is -0.153. The molecule has 1 amide bonds. The Morgan fingerprint density at radius 2 is 2.00 bits per heavy atom. The standard InChI is InChI=1S/C14H16F3NO3/c15-14(16,17)9-21-11-5-3-4-10(8-11)18-12(19)13(20)6-1-2-7-13/h3-5,8,20H,1-2,6-7,9H2,(H,18,19). The molecule has 2 N–H and O–H groups in total. The summed E-state index contributed by atoms with van der Waals surface area (Å²) >= 11 is 0. The molecule has 0 radical (unpaired) electrons. The first-order valence-electron chi connectivity index (χ1n) is 6.62. The molecule has 1 aliphatic rings. The number of alkyl halides is 3. The van der Waals surface area contributed by atoms with Crippen LogP contribution in [0.25, 0.3) is 0 Å². The van der Waals surface area contributed by atoms with E-state index in [-0.39, 0.29) is 5.75 Å². The average Bonchev–Trinajstić information content (AvgIpc) is 2.84. The van der Waals surface area contributed by atoms with Gasteiger partial charge in [0.2, 0.25) is 0 Å². The third kappa shape index (κ3) is 4.35. The molecule has 0 aromatic heterocycles. The van der Waals surface area contributed by atoms with E-state index in [0.717, 1.165) is 12.8 Å². The third-order valence-electron chi connectivity index (χ3n) is 3.35. The summed E-state index contributed by atoms with van der Waals surface area (Å²) in [7, 11) is 0. The van der Waals surface area contributed by atoms with Gasteiger partial charge in [-0.15, -0.1) is 0 Å². The summed E-state index contributed by atoms with van der Waals surface area (Å²) in [6, 6.07) is 5.66. The van der Waals surface area contributed by atoms with Crippen molar-refractivity contribution in [1.82, 2.24) is 0 Å². The van der Waals surface area contributed by atoms with E-state index in [9.17, 15) is 23.1 Å². The minimum absolute atomic E-state index is 0.00327. The second-order valence-electron chi connectivity index (χ2n) is 5.12. The van der Waals surface area contributed by atoms with Gasteiger partial charge in [0.05, 0.1) is 0 Å². The largest absolute Gasteiger partial charge is 0.484 e. The average molecular weight is 303 g/mol. The van der Waals surface area contributed by atoms with Gasteiger partial charge in [0.1, 0.15) is 11.4 Å². The van der Waals surface area contributed by atoms with E-state index in [0.29, 0.717) is 18.5 Å². The Hall–Kier alpha value is -1.76. The van der Waals surface area contributed by atoms with E-state index >= 15 is 0 Å². The van der Waals surface area contributed by atoms with Crippen molar-refractivity contribution in [2.24, 2.45) is 0 Å². The van der Waals surface area contributed by atoms with E-state index in [1.165, 1.54) is 24.3 Å². The molecule has 1 aliphatic carbocycles. The topological polar surface area (TPSA) is 58.6 Å². The Balaban J connectivity index is 1.99. The number of benzene rings is 1. The van der Waals surface area contributed by atoms with Crippen molar-refractivity contribution in [2.45, 2.75) is 37.5 Å². The number of aliphatic hydroxyl groups is 1. The van der Waals surface area contributed by atoms with Gasteiger partial charge in [-0.25, -0.2) is 0 Å². The highest BCUT2D eigenvalue weighted by Crippen LogP contribution is 2.31. The van der Waals surface area contributed by atoms with E-state index in [2.05, 4.69) is 10.1 Å². The second kappa shape index (κ2) is 5.93. The number of hydrogen-bond donors (Lipinski definition) is 2. The molecule has 7 heteroatoms. The quantitative estimate of drug-likeness (QED) is 0.899. The Morgan fingerprint density at radius 1 is 1.33 bits per heavy atom. The number of amides is 1. The van der Waals surface area contributed by atoms with Crippen LogP contribution in [0.3, 0.4) is 0 Å². The van der Waals surface area contributed by atoms with Crippen LogP contribution in [0.15, 0.2) is 24.3 Å². The van der Waals surface area contributed by atoms with Gasteiger partial charge in [-0.3, -0.25) is 4.79 Å². The lowest BCUT2D eigenvalue weighted by Gasteiger charge is -2.21. The minimum Gasteiger partial charge on any atom is -0.484 e.